The largest absolute Gasteiger partial charge is 0.369 e. The van der Waals surface area contributed by atoms with Crippen LogP contribution < -0.4 is 5.73 Å². The summed E-state index contributed by atoms with van der Waals surface area (Å²) in [6, 6.07) is 21.6. The molecule has 0 saturated heterocycles. The van der Waals surface area contributed by atoms with Crippen LogP contribution in [-0.4, -0.2) is 23.8 Å². The molecule has 0 saturated carbocycles. The molecule has 2 aromatic carbocycles. The predicted molar refractivity (Wildman–Crippen MR) is 134 cm³/mol. The Labute approximate surface area is 203 Å². The van der Waals surface area contributed by atoms with Gasteiger partial charge in [0.15, 0.2) is 5.96 Å². The van der Waals surface area contributed by atoms with Gasteiger partial charge < -0.3 is 5.73 Å². The second-order valence-electron chi connectivity index (χ2n) is 9.20. The highest BCUT2D eigenvalue weighted by Gasteiger charge is 2.48. The minimum Gasteiger partial charge on any atom is -0.369 e. The zero-order chi connectivity index (χ0) is 24.7. The van der Waals surface area contributed by atoms with Gasteiger partial charge in [-0.3, -0.25) is 9.69 Å². The van der Waals surface area contributed by atoms with Crippen LogP contribution in [0.5, 0.6) is 0 Å². The summed E-state index contributed by atoms with van der Waals surface area (Å²) in [5.74, 6) is -0.544. The van der Waals surface area contributed by atoms with E-state index in [1.54, 1.807) is 13.1 Å². The van der Waals surface area contributed by atoms with Gasteiger partial charge in [0.1, 0.15) is 5.54 Å². The van der Waals surface area contributed by atoms with Gasteiger partial charge in [0.05, 0.1) is 29.0 Å². The number of nitrogens with two attached hydrogens (primary N) is 1. The van der Waals surface area contributed by atoms with Gasteiger partial charge in [0, 0.05) is 11.9 Å². The number of hydrogen-bond donors (Lipinski definition) is 1. The van der Waals surface area contributed by atoms with Gasteiger partial charge >= 0.3 is 0 Å². The Balaban J connectivity index is 1.81. The van der Waals surface area contributed by atoms with Gasteiger partial charge in [0.2, 0.25) is 5.91 Å². The molecule has 7 heteroatoms. The molecule has 0 spiro atoms. The van der Waals surface area contributed by atoms with E-state index >= 15 is 0 Å². The number of hydrogen-bond acceptors (Lipinski definition) is 6. The van der Waals surface area contributed by atoms with Crippen LogP contribution in [0, 0.1) is 22.7 Å². The van der Waals surface area contributed by atoms with E-state index in [2.05, 4.69) is 12.1 Å². The smallest absolute Gasteiger partial charge is 0.239 e. The van der Waals surface area contributed by atoms with Crippen molar-refractivity contribution in [1.82, 2.24) is 4.90 Å². The molecule has 2 heterocycles. The number of guanidine groups is 1. The molecule has 1 aliphatic rings. The highest BCUT2D eigenvalue weighted by atomic mass is 32.1. The van der Waals surface area contributed by atoms with Crippen molar-refractivity contribution in [3.05, 3.63) is 81.5 Å². The molecule has 0 bridgehead atoms. The predicted octanol–water partition coefficient (Wildman–Crippen LogP) is 4.87. The highest BCUT2D eigenvalue weighted by molar-refractivity contribution is 7.10. The Morgan fingerprint density at radius 3 is 2.47 bits per heavy atom. The summed E-state index contributed by atoms with van der Waals surface area (Å²) < 4.78 is 0. The summed E-state index contributed by atoms with van der Waals surface area (Å²) in [6.07, 6.45) is 0. The summed E-state index contributed by atoms with van der Waals surface area (Å²) in [6.45, 7) is 5.67. The number of benzene rings is 2. The normalized spacial score (nSPS) is 20.4. The summed E-state index contributed by atoms with van der Waals surface area (Å²) in [7, 11) is 1.63. The summed E-state index contributed by atoms with van der Waals surface area (Å²) in [4.78, 5) is 20.6. The van der Waals surface area contributed by atoms with E-state index in [4.69, 9.17) is 10.7 Å². The fraction of sp³-hybridized carbons (Fsp3) is 0.259. The van der Waals surface area contributed by atoms with Crippen LogP contribution in [0.15, 0.2) is 65.0 Å². The van der Waals surface area contributed by atoms with Gasteiger partial charge in [-0.15, -0.1) is 11.3 Å². The molecule has 0 aliphatic carbocycles. The van der Waals surface area contributed by atoms with Crippen molar-refractivity contribution >= 4 is 23.2 Å². The van der Waals surface area contributed by atoms with Crippen LogP contribution in [0.4, 0.5) is 0 Å². The highest BCUT2D eigenvalue weighted by Crippen LogP contribution is 2.47. The molecule has 1 aliphatic heterocycles. The lowest BCUT2D eigenvalue weighted by molar-refractivity contribution is -0.130. The Hall–Kier alpha value is -3.94. The van der Waals surface area contributed by atoms with Gasteiger partial charge in [-0.1, -0.05) is 36.4 Å². The van der Waals surface area contributed by atoms with Crippen LogP contribution in [0.1, 0.15) is 48.3 Å². The average molecular weight is 468 g/mol. The van der Waals surface area contributed by atoms with Crippen molar-refractivity contribution < 1.29 is 4.79 Å². The van der Waals surface area contributed by atoms with E-state index in [0.717, 1.165) is 27.1 Å². The number of nitrogens with zero attached hydrogens (tertiary/aromatic N) is 4. The fourth-order valence-corrected chi connectivity index (χ4v) is 5.32. The number of likely N-dealkylation sites (N-methyl/N-ethyl adjacent to an activating group) is 1. The lowest BCUT2D eigenvalue weighted by Crippen LogP contribution is -2.52. The van der Waals surface area contributed by atoms with Crippen LogP contribution in [0.25, 0.3) is 11.1 Å². The number of carbonyl (C=O) groups is 1. The first-order valence-corrected chi connectivity index (χ1v) is 11.7. The second-order valence-corrected chi connectivity index (χ2v) is 10.1. The Morgan fingerprint density at radius 1 is 1.12 bits per heavy atom. The average Bonchev–Trinajstić information content (AvgIpc) is 3.34. The third-order valence-electron chi connectivity index (χ3n) is 6.50. The van der Waals surface area contributed by atoms with Crippen LogP contribution in [0.3, 0.4) is 0 Å². The molecule has 6 nitrogen and oxygen atoms in total. The van der Waals surface area contributed by atoms with Crippen molar-refractivity contribution in [2.45, 2.75) is 37.6 Å². The molecule has 4 rings (SSSR count). The molecule has 0 radical (unpaired) electrons. The zero-order valence-electron chi connectivity index (χ0n) is 19.5. The summed E-state index contributed by atoms with van der Waals surface area (Å²) >= 11 is 1.52. The molecule has 1 aromatic heterocycles. The second kappa shape index (κ2) is 8.44. The van der Waals surface area contributed by atoms with Crippen molar-refractivity contribution in [2.75, 3.05) is 7.05 Å². The van der Waals surface area contributed by atoms with E-state index in [1.165, 1.54) is 16.2 Å². The lowest BCUT2D eigenvalue weighted by atomic mass is 9.76. The molecule has 0 fully saturated rings. The Bertz CT molecular complexity index is 1370. The maximum absolute atomic E-state index is 13.5. The minimum absolute atomic E-state index is 0.135. The number of aliphatic imine (C=N–C) groups is 1. The maximum atomic E-state index is 13.5. The Kier molecular flexibility index (Phi) is 5.77. The summed E-state index contributed by atoms with van der Waals surface area (Å²) in [5, 5.41) is 20.7. The van der Waals surface area contributed by atoms with Gasteiger partial charge in [-0.25, -0.2) is 4.99 Å². The van der Waals surface area contributed by atoms with Crippen molar-refractivity contribution in [3.63, 3.8) is 0 Å². The first-order chi connectivity index (χ1) is 16.1. The van der Waals surface area contributed by atoms with Crippen LogP contribution in [0.2, 0.25) is 0 Å². The van der Waals surface area contributed by atoms with E-state index in [0.29, 0.717) is 5.56 Å². The lowest BCUT2D eigenvalue weighted by Gasteiger charge is -2.40. The maximum Gasteiger partial charge on any atom is 0.239 e. The number of rotatable bonds is 4. The molecular weight excluding hydrogens is 442 g/mol. The van der Waals surface area contributed by atoms with Crippen molar-refractivity contribution in [1.29, 1.82) is 10.5 Å². The number of carbonyl (C=O) groups excluding carboxylic acids is 1. The molecule has 2 N–H and O–H groups in total. The molecule has 3 aromatic rings. The molecule has 1 amide bonds. The monoisotopic (exact) mass is 467 g/mol. The van der Waals surface area contributed by atoms with E-state index in [9.17, 15) is 15.3 Å². The van der Waals surface area contributed by atoms with E-state index < -0.39 is 16.9 Å². The third kappa shape index (κ3) is 3.85. The first kappa shape index (κ1) is 23.2. The third-order valence-corrected chi connectivity index (χ3v) is 7.66. The quantitative estimate of drug-likeness (QED) is 0.590. The SMILES string of the molecule is CN1C(=O)[C@H](c2ccc(C(C)(C)C#N)cc2)[C@@](C)(c2cc(-c3cccc(C#N)c3)cs2)N=C1N. The van der Waals surface area contributed by atoms with Crippen molar-refractivity contribution in [2.24, 2.45) is 10.7 Å². The number of nitriles is 2. The summed E-state index contributed by atoms with van der Waals surface area (Å²) in [5.41, 5.74) is 8.81. The van der Waals surface area contributed by atoms with E-state index in [-0.39, 0.29) is 11.9 Å². The van der Waals surface area contributed by atoms with Gasteiger partial charge in [-0.05, 0) is 66.6 Å². The van der Waals surface area contributed by atoms with Gasteiger partial charge in [-0.2, -0.15) is 10.5 Å². The topological polar surface area (TPSA) is 106 Å². The molecular formula is C27H25N5OS. The van der Waals surface area contributed by atoms with Crippen LogP contribution in [-0.2, 0) is 15.7 Å². The molecule has 0 unspecified atom stereocenters. The minimum atomic E-state index is -0.907. The first-order valence-electron chi connectivity index (χ1n) is 10.8. The zero-order valence-corrected chi connectivity index (χ0v) is 20.4. The van der Waals surface area contributed by atoms with Crippen LogP contribution >= 0.6 is 11.3 Å². The number of amides is 1. The van der Waals surface area contributed by atoms with Crippen molar-refractivity contribution in [3.8, 4) is 23.3 Å². The van der Waals surface area contributed by atoms with Gasteiger partial charge in [0.25, 0.3) is 0 Å². The molecule has 170 valence electrons. The molecule has 34 heavy (non-hydrogen) atoms. The number of thiophene rings is 1. The standard InChI is InChI=1S/C27H25N5OS/c1-26(2,16-29)21-10-8-18(9-11-21)23-24(33)32(4)25(30)31-27(23,3)22-13-20(15-34-22)19-7-5-6-17(12-19)14-28/h5-13,15,23H,1-4H3,(H2,30,31)/t23-,27+/m0/s1. The van der Waals surface area contributed by atoms with E-state index in [1.807, 2.05) is 74.7 Å². The molecule has 2 atom stereocenters. The fourth-order valence-electron chi connectivity index (χ4n) is 4.27. The Morgan fingerprint density at radius 2 is 1.82 bits per heavy atom.